The van der Waals surface area contributed by atoms with Crippen molar-refractivity contribution in [1.82, 2.24) is 0 Å². The maximum absolute atomic E-state index is 13.6. The van der Waals surface area contributed by atoms with Crippen LogP contribution in [0, 0.1) is 11.6 Å². The Labute approximate surface area is 116 Å². The van der Waals surface area contributed by atoms with Gasteiger partial charge in [-0.25, -0.2) is 8.78 Å². The van der Waals surface area contributed by atoms with Crippen LogP contribution in [0.2, 0.25) is 0 Å². The van der Waals surface area contributed by atoms with E-state index in [0.717, 1.165) is 18.2 Å². The summed E-state index contributed by atoms with van der Waals surface area (Å²) in [5, 5.41) is 0. The first kappa shape index (κ1) is 14.2. The summed E-state index contributed by atoms with van der Waals surface area (Å²) in [5.74, 6) is -1.45. The lowest BCUT2D eigenvalue weighted by molar-refractivity contribution is 0.103. The van der Waals surface area contributed by atoms with Crippen molar-refractivity contribution in [2.45, 2.75) is 20.0 Å². The monoisotopic (exact) mass is 276 g/mol. The number of carbonyl (C=O) groups excluding carboxylic acids is 1. The van der Waals surface area contributed by atoms with Crippen LogP contribution in [-0.2, 0) is 0 Å². The fraction of sp³-hybridized carbons (Fsp3) is 0.188. The average Bonchev–Trinajstić information content (AvgIpc) is 2.40. The van der Waals surface area contributed by atoms with E-state index in [2.05, 4.69) is 0 Å². The van der Waals surface area contributed by atoms with Crippen LogP contribution in [0.15, 0.2) is 42.5 Å². The molecule has 0 fully saturated rings. The molecule has 2 nitrogen and oxygen atoms in total. The Hall–Kier alpha value is -2.23. The fourth-order valence-corrected chi connectivity index (χ4v) is 1.81. The van der Waals surface area contributed by atoms with Crippen LogP contribution in [-0.4, -0.2) is 11.9 Å². The highest BCUT2D eigenvalue weighted by atomic mass is 19.1. The molecule has 2 aromatic rings. The maximum atomic E-state index is 13.6. The van der Waals surface area contributed by atoms with Gasteiger partial charge in [-0.15, -0.1) is 0 Å². The predicted octanol–water partition coefficient (Wildman–Crippen LogP) is 3.98. The van der Waals surface area contributed by atoms with Gasteiger partial charge in [0.25, 0.3) is 0 Å². The summed E-state index contributed by atoms with van der Waals surface area (Å²) in [4.78, 5) is 12.2. The molecule has 2 rings (SSSR count). The number of ether oxygens (including phenoxy) is 1. The lowest BCUT2D eigenvalue weighted by atomic mass is 10.0. The smallest absolute Gasteiger partial charge is 0.196 e. The molecule has 4 heteroatoms. The zero-order valence-corrected chi connectivity index (χ0v) is 11.2. The van der Waals surface area contributed by atoms with Crippen molar-refractivity contribution in [3.05, 3.63) is 65.2 Å². The molecule has 0 N–H and O–H groups in total. The van der Waals surface area contributed by atoms with Gasteiger partial charge in [0.2, 0.25) is 0 Å². The Balaban J connectivity index is 2.35. The molecule has 0 saturated heterocycles. The summed E-state index contributed by atoms with van der Waals surface area (Å²) in [6.45, 7) is 3.72. The summed E-state index contributed by atoms with van der Waals surface area (Å²) >= 11 is 0. The summed E-state index contributed by atoms with van der Waals surface area (Å²) in [5.41, 5.74) is -0.0284. The van der Waals surface area contributed by atoms with Gasteiger partial charge in [-0.05, 0) is 44.2 Å². The quantitative estimate of drug-likeness (QED) is 0.789. The number of benzene rings is 2. The molecule has 0 radical (unpaired) electrons. The molecule has 104 valence electrons. The van der Waals surface area contributed by atoms with Crippen LogP contribution in [0.25, 0.3) is 0 Å². The van der Waals surface area contributed by atoms with Gasteiger partial charge >= 0.3 is 0 Å². The Morgan fingerprint density at radius 3 is 2.55 bits per heavy atom. The number of ketones is 1. The third-order valence-electron chi connectivity index (χ3n) is 2.64. The Kier molecular flexibility index (Phi) is 4.13. The SMILES string of the molecule is CC(C)Oc1cccc(C(=O)c2cc(F)ccc2F)c1. The molecule has 0 bridgehead atoms. The molecular formula is C16H14F2O2. The maximum Gasteiger partial charge on any atom is 0.196 e. The number of halogens is 2. The largest absolute Gasteiger partial charge is 0.491 e. The lowest BCUT2D eigenvalue weighted by Gasteiger charge is -2.10. The zero-order chi connectivity index (χ0) is 14.7. The van der Waals surface area contributed by atoms with E-state index in [9.17, 15) is 13.6 Å². The lowest BCUT2D eigenvalue weighted by Crippen LogP contribution is -2.08. The van der Waals surface area contributed by atoms with Crippen LogP contribution in [0.1, 0.15) is 29.8 Å². The molecule has 0 aliphatic heterocycles. The molecule has 0 aliphatic rings. The van der Waals surface area contributed by atoms with Gasteiger partial charge in [-0.3, -0.25) is 4.79 Å². The number of rotatable bonds is 4. The van der Waals surface area contributed by atoms with Crippen molar-refractivity contribution in [2.24, 2.45) is 0 Å². The summed E-state index contributed by atoms with van der Waals surface area (Å²) in [7, 11) is 0. The molecule has 0 spiro atoms. The topological polar surface area (TPSA) is 26.3 Å². The molecular weight excluding hydrogens is 262 g/mol. The van der Waals surface area contributed by atoms with Crippen molar-refractivity contribution >= 4 is 5.78 Å². The minimum Gasteiger partial charge on any atom is -0.491 e. The van der Waals surface area contributed by atoms with E-state index in [-0.39, 0.29) is 17.2 Å². The van der Waals surface area contributed by atoms with Crippen LogP contribution >= 0.6 is 0 Å². The van der Waals surface area contributed by atoms with Gasteiger partial charge in [-0.2, -0.15) is 0 Å². The minimum atomic E-state index is -0.744. The second-order valence-corrected chi connectivity index (χ2v) is 4.65. The van der Waals surface area contributed by atoms with Gasteiger partial charge in [0.05, 0.1) is 11.7 Å². The van der Waals surface area contributed by atoms with E-state index in [1.54, 1.807) is 18.2 Å². The van der Waals surface area contributed by atoms with Gasteiger partial charge < -0.3 is 4.74 Å². The number of hydrogen-bond acceptors (Lipinski definition) is 2. The Bertz CT molecular complexity index is 636. The average molecular weight is 276 g/mol. The first-order valence-electron chi connectivity index (χ1n) is 6.24. The number of hydrogen-bond donors (Lipinski definition) is 0. The normalized spacial score (nSPS) is 10.7. The van der Waals surface area contributed by atoms with E-state index in [4.69, 9.17) is 4.74 Å². The van der Waals surface area contributed by atoms with Crippen LogP contribution in [0.4, 0.5) is 8.78 Å². The third kappa shape index (κ3) is 3.20. The van der Waals surface area contributed by atoms with E-state index >= 15 is 0 Å². The van der Waals surface area contributed by atoms with Crippen molar-refractivity contribution in [1.29, 1.82) is 0 Å². The van der Waals surface area contributed by atoms with Crippen molar-refractivity contribution in [3.63, 3.8) is 0 Å². The molecule has 0 amide bonds. The van der Waals surface area contributed by atoms with Crippen molar-refractivity contribution < 1.29 is 18.3 Å². The minimum absolute atomic E-state index is 0.0359. The molecule has 0 saturated carbocycles. The molecule has 0 aliphatic carbocycles. The highest BCUT2D eigenvalue weighted by molar-refractivity contribution is 6.09. The molecule has 0 aromatic heterocycles. The van der Waals surface area contributed by atoms with Crippen LogP contribution in [0.5, 0.6) is 5.75 Å². The second kappa shape index (κ2) is 5.82. The highest BCUT2D eigenvalue weighted by Crippen LogP contribution is 2.19. The zero-order valence-electron chi connectivity index (χ0n) is 11.2. The molecule has 0 heterocycles. The van der Waals surface area contributed by atoms with Gasteiger partial charge in [0, 0.05) is 5.56 Å². The predicted molar refractivity (Wildman–Crippen MR) is 72.0 cm³/mol. The summed E-state index contributed by atoms with van der Waals surface area (Å²) < 4.78 is 32.2. The Morgan fingerprint density at radius 2 is 1.85 bits per heavy atom. The Morgan fingerprint density at radius 1 is 1.10 bits per heavy atom. The van der Waals surface area contributed by atoms with Crippen molar-refractivity contribution in [3.8, 4) is 5.75 Å². The van der Waals surface area contributed by atoms with Gasteiger partial charge in [-0.1, -0.05) is 12.1 Å². The van der Waals surface area contributed by atoms with E-state index < -0.39 is 17.4 Å². The summed E-state index contributed by atoms with van der Waals surface area (Å²) in [6, 6.07) is 9.22. The second-order valence-electron chi connectivity index (χ2n) is 4.65. The van der Waals surface area contributed by atoms with Crippen LogP contribution in [0.3, 0.4) is 0 Å². The molecule has 20 heavy (non-hydrogen) atoms. The van der Waals surface area contributed by atoms with Crippen molar-refractivity contribution in [2.75, 3.05) is 0 Å². The van der Waals surface area contributed by atoms with Gasteiger partial charge in [0.15, 0.2) is 5.78 Å². The first-order chi connectivity index (χ1) is 9.47. The summed E-state index contributed by atoms with van der Waals surface area (Å²) in [6.07, 6.45) is -0.0359. The first-order valence-corrected chi connectivity index (χ1v) is 6.24. The third-order valence-corrected chi connectivity index (χ3v) is 2.64. The number of carbonyl (C=O) groups is 1. The standard InChI is InChI=1S/C16H14F2O2/c1-10(2)20-13-5-3-4-11(8-13)16(19)14-9-12(17)6-7-15(14)18/h3-10H,1-2H3. The highest BCUT2D eigenvalue weighted by Gasteiger charge is 2.15. The fourth-order valence-electron chi connectivity index (χ4n) is 1.81. The van der Waals surface area contributed by atoms with E-state index in [1.807, 2.05) is 13.8 Å². The van der Waals surface area contributed by atoms with E-state index in [0.29, 0.717) is 5.75 Å². The molecule has 0 unspecified atom stereocenters. The van der Waals surface area contributed by atoms with Gasteiger partial charge in [0.1, 0.15) is 17.4 Å². The molecule has 2 aromatic carbocycles. The van der Waals surface area contributed by atoms with E-state index in [1.165, 1.54) is 6.07 Å². The molecule has 0 atom stereocenters. The van der Waals surface area contributed by atoms with Crippen LogP contribution < -0.4 is 4.74 Å².